The van der Waals surface area contributed by atoms with Crippen LogP contribution in [-0.4, -0.2) is 53.2 Å². The number of benzene rings is 1. The first-order valence-electron chi connectivity index (χ1n) is 7.59. The van der Waals surface area contributed by atoms with E-state index in [1.807, 2.05) is 5.32 Å². The second-order valence-electron chi connectivity index (χ2n) is 5.39. The molecule has 0 saturated heterocycles. The van der Waals surface area contributed by atoms with Crippen LogP contribution in [0.25, 0.3) is 0 Å². The second kappa shape index (κ2) is 10.0. The molecule has 10 heteroatoms. The Bertz CT molecular complexity index is 626. The van der Waals surface area contributed by atoms with E-state index in [0.29, 0.717) is 5.75 Å². The zero-order valence-corrected chi connectivity index (χ0v) is 14.7. The summed E-state index contributed by atoms with van der Waals surface area (Å²) in [7, 11) is 0. The van der Waals surface area contributed by atoms with Crippen molar-refractivity contribution < 1.29 is 32.7 Å². The predicted octanol–water partition coefficient (Wildman–Crippen LogP) is 2.06. The highest BCUT2D eigenvalue weighted by atomic mass is 32.2. The molecule has 2 atom stereocenters. The maximum atomic E-state index is 12.5. The van der Waals surface area contributed by atoms with Gasteiger partial charge >= 0.3 is 12.1 Å². The van der Waals surface area contributed by atoms with Crippen molar-refractivity contribution in [1.29, 1.82) is 0 Å². The quantitative estimate of drug-likeness (QED) is 0.598. The third-order valence-corrected chi connectivity index (χ3v) is 3.96. The number of halogens is 3. The van der Waals surface area contributed by atoms with E-state index >= 15 is 0 Å². The highest BCUT2D eigenvalue weighted by Gasteiger charge is 2.37. The summed E-state index contributed by atoms with van der Waals surface area (Å²) in [4.78, 5) is 35.4. The average Bonchev–Trinajstić information content (AvgIpc) is 2.57. The number of carbonyl (C=O) groups is 3. The van der Waals surface area contributed by atoms with Crippen LogP contribution in [0, 0.1) is 0 Å². The molecule has 0 aliphatic rings. The van der Waals surface area contributed by atoms with Gasteiger partial charge in [-0.15, -0.1) is 0 Å². The van der Waals surface area contributed by atoms with E-state index in [-0.39, 0.29) is 12.0 Å². The summed E-state index contributed by atoms with van der Waals surface area (Å²) in [5, 5.41) is 13.2. The van der Waals surface area contributed by atoms with Gasteiger partial charge in [0.2, 0.25) is 5.91 Å². The van der Waals surface area contributed by atoms with E-state index in [2.05, 4.69) is 5.32 Å². The predicted molar refractivity (Wildman–Crippen MR) is 90.9 cm³/mol. The fourth-order valence-corrected chi connectivity index (χ4v) is 2.51. The van der Waals surface area contributed by atoms with Crippen molar-refractivity contribution in [3.8, 4) is 0 Å². The fourth-order valence-electron chi connectivity index (χ4n) is 2.04. The number of nitrogens with one attached hydrogen (secondary N) is 2. The lowest BCUT2D eigenvalue weighted by molar-refractivity contribution is -0.160. The number of thioether (sulfide) groups is 1. The minimum atomic E-state index is -4.75. The van der Waals surface area contributed by atoms with Gasteiger partial charge in [0.05, 0.1) is 6.42 Å². The normalized spacial score (nSPS) is 13.5. The molecule has 0 spiro atoms. The van der Waals surface area contributed by atoms with Crippen LogP contribution in [0.4, 0.5) is 13.2 Å². The van der Waals surface area contributed by atoms with E-state index < -0.39 is 42.5 Å². The minimum absolute atomic E-state index is 0.143. The number of amides is 2. The molecule has 26 heavy (non-hydrogen) atoms. The molecule has 1 rings (SSSR count). The molecular weight excluding hydrogens is 373 g/mol. The summed E-state index contributed by atoms with van der Waals surface area (Å²) < 4.78 is 37.4. The van der Waals surface area contributed by atoms with Crippen LogP contribution in [0.2, 0.25) is 0 Å². The van der Waals surface area contributed by atoms with Crippen molar-refractivity contribution in [3.63, 3.8) is 0 Å². The van der Waals surface area contributed by atoms with Crippen LogP contribution in [-0.2, 0) is 9.59 Å². The fraction of sp³-hybridized carbons (Fsp3) is 0.438. The highest BCUT2D eigenvalue weighted by Crippen LogP contribution is 2.21. The summed E-state index contributed by atoms with van der Waals surface area (Å²) in [5.74, 6) is -2.90. The van der Waals surface area contributed by atoms with Gasteiger partial charge in [-0.25, -0.2) is 4.79 Å². The summed E-state index contributed by atoms with van der Waals surface area (Å²) in [6.07, 6.45) is -4.55. The molecule has 2 unspecified atom stereocenters. The molecule has 6 nitrogen and oxygen atoms in total. The zero-order valence-electron chi connectivity index (χ0n) is 13.9. The molecule has 3 N–H and O–H groups in total. The van der Waals surface area contributed by atoms with Gasteiger partial charge in [0.25, 0.3) is 5.91 Å². The SMILES string of the molecule is CSCCC(NC(=O)c1ccccc1)C(=O)NC(CC(F)(F)F)C(=O)O. The molecule has 0 aliphatic heterocycles. The Morgan fingerprint density at radius 2 is 1.73 bits per heavy atom. The van der Waals surface area contributed by atoms with Crippen molar-refractivity contribution in [2.24, 2.45) is 0 Å². The topological polar surface area (TPSA) is 95.5 Å². The number of alkyl halides is 3. The Kier molecular flexibility index (Phi) is 8.43. The molecule has 0 aromatic heterocycles. The minimum Gasteiger partial charge on any atom is -0.480 e. The number of aliphatic carboxylic acids is 1. The van der Waals surface area contributed by atoms with E-state index in [1.165, 1.54) is 23.9 Å². The molecule has 0 radical (unpaired) electrons. The lowest BCUT2D eigenvalue weighted by Gasteiger charge is -2.22. The van der Waals surface area contributed by atoms with E-state index in [9.17, 15) is 27.6 Å². The van der Waals surface area contributed by atoms with E-state index in [4.69, 9.17) is 5.11 Å². The van der Waals surface area contributed by atoms with Crippen LogP contribution in [0.5, 0.6) is 0 Å². The third-order valence-electron chi connectivity index (χ3n) is 3.32. The van der Waals surface area contributed by atoms with E-state index in [1.54, 1.807) is 24.5 Å². The highest BCUT2D eigenvalue weighted by molar-refractivity contribution is 7.98. The summed E-state index contributed by atoms with van der Waals surface area (Å²) in [5.41, 5.74) is 0.277. The number of hydrogen-bond acceptors (Lipinski definition) is 4. The third kappa shape index (κ3) is 7.77. The molecule has 0 heterocycles. The molecule has 2 amide bonds. The van der Waals surface area contributed by atoms with Gasteiger partial charge in [0.15, 0.2) is 0 Å². The van der Waals surface area contributed by atoms with Crippen LogP contribution in [0.1, 0.15) is 23.2 Å². The van der Waals surface area contributed by atoms with Crippen LogP contribution in [0.15, 0.2) is 30.3 Å². The molecular formula is C16H19F3N2O4S. The summed E-state index contributed by atoms with van der Waals surface area (Å²) in [6.45, 7) is 0. The molecule has 0 aliphatic carbocycles. The summed E-state index contributed by atoms with van der Waals surface area (Å²) in [6, 6.07) is 4.71. The maximum absolute atomic E-state index is 12.5. The van der Waals surface area contributed by atoms with Gasteiger partial charge in [-0.1, -0.05) is 18.2 Å². The molecule has 1 aromatic rings. The Morgan fingerprint density at radius 3 is 2.23 bits per heavy atom. The monoisotopic (exact) mass is 392 g/mol. The van der Waals surface area contributed by atoms with Crippen LogP contribution >= 0.6 is 11.8 Å². The number of carboxylic acids is 1. The lowest BCUT2D eigenvalue weighted by Crippen LogP contribution is -2.52. The molecule has 1 aromatic carbocycles. The number of rotatable bonds is 9. The zero-order chi connectivity index (χ0) is 19.7. The Balaban J connectivity index is 2.84. The molecule has 0 bridgehead atoms. The number of carbonyl (C=O) groups excluding carboxylic acids is 2. The van der Waals surface area contributed by atoms with Crippen LogP contribution in [0.3, 0.4) is 0 Å². The first-order valence-corrected chi connectivity index (χ1v) is 8.98. The Labute approximate surface area is 152 Å². The van der Waals surface area contributed by atoms with Crippen molar-refractivity contribution in [1.82, 2.24) is 10.6 Å². The number of hydrogen-bond donors (Lipinski definition) is 3. The van der Waals surface area contributed by atoms with E-state index in [0.717, 1.165) is 0 Å². The van der Waals surface area contributed by atoms with Crippen molar-refractivity contribution in [2.75, 3.05) is 12.0 Å². The van der Waals surface area contributed by atoms with Crippen LogP contribution < -0.4 is 10.6 Å². The molecule has 144 valence electrons. The van der Waals surface area contributed by atoms with Crippen molar-refractivity contribution in [3.05, 3.63) is 35.9 Å². The standard InChI is InChI=1S/C16H19F3N2O4S/c1-26-8-7-11(20-13(22)10-5-3-2-4-6-10)14(23)21-12(15(24)25)9-16(17,18)19/h2-6,11-12H,7-9H2,1H3,(H,20,22)(H,21,23)(H,24,25). The first kappa shape index (κ1) is 21.8. The molecule has 0 saturated carbocycles. The Hall–Kier alpha value is -2.23. The summed E-state index contributed by atoms with van der Waals surface area (Å²) >= 11 is 1.38. The van der Waals surface area contributed by atoms with Gasteiger partial charge in [-0.3, -0.25) is 9.59 Å². The average molecular weight is 392 g/mol. The van der Waals surface area contributed by atoms with Crippen molar-refractivity contribution >= 4 is 29.5 Å². The van der Waals surface area contributed by atoms with Gasteiger partial charge in [0, 0.05) is 5.56 Å². The first-order chi connectivity index (χ1) is 12.1. The largest absolute Gasteiger partial charge is 0.480 e. The lowest BCUT2D eigenvalue weighted by atomic mass is 10.1. The molecule has 0 fully saturated rings. The second-order valence-corrected chi connectivity index (χ2v) is 6.38. The Morgan fingerprint density at radius 1 is 1.12 bits per heavy atom. The van der Waals surface area contributed by atoms with Gasteiger partial charge in [-0.2, -0.15) is 24.9 Å². The number of carboxylic acid groups (broad SMARTS) is 1. The van der Waals surface area contributed by atoms with Gasteiger partial charge in [-0.05, 0) is 30.6 Å². The van der Waals surface area contributed by atoms with Gasteiger partial charge in [0.1, 0.15) is 12.1 Å². The maximum Gasteiger partial charge on any atom is 0.391 e. The van der Waals surface area contributed by atoms with Gasteiger partial charge < -0.3 is 15.7 Å². The smallest absolute Gasteiger partial charge is 0.391 e. The van der Waals surface area contributed by atoms with Crippen molar-refractivity contribution in [2.45, 2.75) is 31.1 Å².